The molecule has 16 heavy (non-hydrogen) atoms. The standard InChI is InChI=1S/C12H12ClN3/c1-9(10-4-7-14-8-5-10)16-12-11(13)3-2-6-15-12/h2-9H,1H3,(H,15,16). The maximum Gasteiger partial charge on any atom is 0.145 e. The van der Waals surface area contributed by atoms with Gasteiger partial charge in [-0.3, -0.25) is 4.98 Å². The molecule has 0 aliphatic heterocycles. The highest BCUT2D eigenvalue weighted by molar-refractivity contribution is 6.32. The maximum atomic E-state index is 6.02. The van der Waals surface area contributed by atoms with E-state index in [1.54, 1.807) is 18.6 Å². The Hall–Kier alpha value is -1.61. The lowest BCUT2D eigenvalue weighted by Crippen LogP contribution is -2.08. The molecule has 2 aromatic rings. The number of hydrogen-bond acceptors (Lipinski definition) is 3. The summed E-state index contributed by atoms with van der Waals surface area (Å²) >= 11 is 6.02. The average Bonchev–Trinajstić information content (AvgIpc) is 2.33. The van der Waals surface area contributed by atoms with Gasteiger partial charge in [0.25, 0.3) is 0 Å². The van der Waals surface area contributed by atoms with E-state index in [-0.39, 0.29) is 6.04 Å². The Labute approximate surface area is 99.5 Å². The second-order valence-electron chi connectivity index (χ2n) is 3.48. The van der Waals surface area contributed by atoms with Crippen LogP contribution in [0.1, 0.15) is 18.5 Å². The molecular weight excluding hydrogens is 222 g/mol. The van der Waals surface area contributed by atoms with Gasteiger partial charge in [0.2, 0.25) is 0 Å². The van der Waals surface area contributed by atoms with Crippen LogP contribution >= 0.6 is 11.6 Å². The molecule has 0 fully saturated rings. The molecule has 4 heteroatoms. The zero-order valence-corrected chi connectivity index (χ0v) is 9.65. The molecule has 82 valence electrons. The Balaban J connectivity index is 2.14. The normalized spacial score (nSPS) is 12.1. The van der Waals surface area contributed by atoms with Gasteiger partial charge in [-0.05, 0) is 36.8 Å². The number of hydrogen-bond donors (Lipinski definition) is 1. The van der Waals surface area contributed by atoms with E-state index in [9.17, 15) is 0 Å². The van der Waals surface area contributed by atoms with Gasteiger partial charge >= 0.3 is 0 Å². The highest BCUT2D eigenvalue weighted by Crippen LogP contribution is 2.22. The van der Waals surface area contributed by atoms with Crippen LogP contribution in [-0.4, -0.2) is 9.97 Å². The number of aromatic nitrogens is 2. The van der Waals surface area contributed by atoms with Crippen LogP contribution in [0.2, 0.25) is 5.02 Å². The number of halogens is 1. The summed E-state index contributed by atoms with van der Waals surface area (Å²) in [6.45, 7) is 2.06. The fourth-order valence-electron chi connectivity index (χ4n) is 1.43. The molecule has 0 aliphatic carbocycles. The van der Waals surface area contributed by atoms with E-state index in [0.29, 0.717) is 10.8 Å². The minimum atomic E-state index is 0.149. The molecule has 3 nitrogen and oxygen atoms in total. The molecule has 2 heterocycles. The second kappa shape index (κ2) is 4.94. The van der Waals surface area contributed by atoms with Gasteiger partial charge in [0.15, 0.2) is 0 Å². The molecule has 0 bridgehead atoms. The van der Waals surface area contributed by atoms with Crippen LogP contribution < -0.4 is 5.32 Å². The Kier molecular flexibility index (Phi) is 3.37. The molecular formula is C12H12ClN3. The maximum absolute atomic E-state index is 6.02. The van der Waals surface area contributed by atoms with Crippen molar-refractivity contribution in [3.8, 4) is 0 Å². The summed E-state index contributed by atoms with van der Waals surface area (Å²) < 4.78 is 0. The topological polar surface area (TPSA) is 37.8 Å². The van der Waals surface area contributed by atoms with Gasteiger partial charge in [-0.15, -0.1) is 0 Å². The van der Waals surface area contributed by atoms with Crippen LogP contribution in [0, 0.1) is 0 Å². The Morgan fingerprint density at radius 1 is 1.19 bits per heavy atom. The summed E-state index contributed by atoms with van der Waals surface area (Å²) in [6, 6.07) is 7.71. The number of rotatable bonds is 3. The van der Waals surface area contributed by atoms with Crippen LogP contribution in [0.25, 0.3) is 0 Å². The van der Waals surface area contributed by atoms with E-state index in [1.165, 1.54) is 0 Å². The van der Waals surface area contributed by atoms with Crippen molar-refractivity contribution in [1.82, 2.24) is 9.97 Å². The number of nitrogens with one attached hydrogen (secondary N) is 1. The summed E-state index contributed by atoms with van der Waals surface area (Å²) in [5.41, 5.74) is 1.15. The molecule has 2 rings (SSSR count). The van der Waals surface area contributed by atoms with Gasteiger partial charge in [-0.25, -0.2) is 4.98 Å². The third-order valence-corrected chi connectivity index (χ3v) is 2.62. The lowest BCUT2D eigenvalue weighted by Gasteiger charge is -2.15. The summed E-state index contributed by atoms with van der Waals surface area (Å²) in [5.74, 6) is 0.702. The molecule has 0 saturated heterocycles. The van der Waals surface area contributed by atoms with Crippen LogP contribution in [-0.2, 0) is 0 Å². The predicted octanol–water partition coefficient (Wildman–Crippen LogP) is 3.30. The van der Waals surface area contributed by atoms with Crippen LogP contribution in [0.5, 0.6) is 0 Å². The number of pyridine rings is 2. The van der Waals surface area contributed by atoms with E-state index in [1.807, 2.05) is 24.3 Å². The summed E-state index contributed by atoms with van der Waals surface area (Å²) in [4.78, 5) is 8.17. The van der Waals surface area contributed by atoms with E-state index in [4.69, 9.17) is 11.6 Å². The minimum Gasteiger partial charge on any atom is -0.362 e. The molecule has 2 aromatic heterocycles. The van der Waals surface area contributed by atoms with Crippen molar-refractivity contribution in [3.05, 3.63) is 53.4 Å². The van der Waals surface area contributed by atoms with E-state index >= 15 is 0 Å². The number of nitrogens with zero attached hydrogens (tertiary/aromatic N) is 2. The summed E-state index contributed by atoms with van der Waals surface area (Å²) in [7, 11) is 0. The second-order valence-corrected chi connectivity index (χ2v) is 3.89. The molecule has 1 unspecified atom stereocenters. The lowest BCUT2D eigenvalue weighted by molar-refractivity contribution is 0.871. The van der Waals surface area contributed by atoms with Crippen molar-refractivity contribution >= 4 is 17.4 Å². The van der Waals surface area contributed by atoms with Crippen molar-refractivity contribution < 1.29 is 0 Å². The first-order valence-corrected chi connectivity index (χ1v) is 5.42. The molecule has 0 saturated carbocycles. The zero-order valence-electron chi connectivity index (χ0n) is 8.89. The van der Waals surface area contributed by atoms with Gasteiger partial charge in [0.1, 0.15) is 5.82 Å². The highest BCUT2D eigenvalue weighted by Gasteiger charge is 2.07. The molecule has 1 atom stereocenters. The molecule has 0 aliphatic rings. The monoisotopic (exact) mass is 233 g/mol. The van der Waals surface area contributed by atoms with E-state index in [2.05, 4.69) is 22.2 Å². The first-order valence-electron chi connectivity index (χ1n) is 5.04. The van der Waals surface area contributed by atoms with Crippen molar-refractivity contribution in [2.24, 2.45) is 0 Å². The largest absolute Gasteiger partial charge is 0.362 e. The summed E-state index contributed by atoms with van der Waals surface area (Å²) in [6.07, 6.45) is 5.26. The molecule has 0 aromatic carbocycles. The van der Waals surface area contributed by atoms with Crippen LogP contribution in [0.15, 0.2) is 42.9 Å². The lowest BCUT2D eigenvalue weighted by atomic mass is 10.1. The van der Waals surface area contributed by atoms with E-state index in [0.717, 1.165) is 5.56 Å². The zero-order chi connectivity index (χ0) is 11.4. The van der Waals surface area contributed by atoms with Gasteiger partial charge in [-0.1, -0.05) is 11.6 Å². The van der Waals surface area contributed by atoms with Gasteiger partial charge in [0, 0.05) is 18.6 Å². The minimum absolute atomic E-state index is 0.149. The average molecular weight is 234 g/mol. The van der Waals surface area contributed by atoms with Gasteiger partial charge in [0.05, 0.1) is 11.1 Å². The Morgan fingerprint density at radius 2 is 1.94 bits per heavy atom. The fourth-order valence-corrected chi connectivity index (χ4v) is 1.61. The first-order chi connectivity index (χ1) is 7.77. The molecule has 1 N–H and O–H groups in total. The van der Waals surface area contributed by atoms with Crippen molar-refractivity contribution in [1.29, 1.82) is 0 Å². The Bertz CT molecular complexity index is 459. The van der Waals surface area contributed by atoms with Crippen molar-refractivity contribution in [2.75, 3.05) is 5.32 Å². The Morgan fingerprint density at radius 3 is 2.62 bits per heavy atom. The third kappa shape index (κ3) is 2.49. The van der Waals surface area contributed by atoms with Crippen LogP contribution in [0.4, 0.5) is 5.82 Å². The predicted molar refractivity (Wildman–Crippen MR) is 65.5 cm³/mol. The highest BCUT2D eigenvalue weighted by atomic mass is 35.5. The van der Waals surface area contributed by atoms with Crippen LogP contribution in [0.3, 0.4) is 0 Å². The van der Waals surface area contributed by atoms with E-state index < -0.39 is 0 Å². The smallest absolute Gasteiger partial charge is 0.145 e. The van der Waals surface area contributed by atoms with Gasteiger partial charge < -0.3 is 5.32 Å². The summed E-state index contributed by atoms with van der Waals surface area (Å²) in [5, 5.41) is 3.88. The molecule has 0 spiro atoms. The third-order valence-electron chi connectivity index (χ3n) is 2.32. The molecule has 0 radical (unpaired) electrons. The number of anilines is 1. The first kappa shape index (κ1) is 10.9. The SMILES string of the molecule is CC(Nc1ncccc1Cl)c1ccncc1. The van der Waals surface area contributed by atoms with Gasteiger partial charge in [-0.2, -0.15) is 0 Å². The van der Waals surface area contributed by atoms with Crippen molar-refractivity contribution in [2.45, 2.75) is 13.0 Å². The van der Waals surface area contributed by atoms with Crippen molar-refractivity contribution in [3.63, 3.8) is 0 Å². The fraction of sp³-hybridized carbons (Fsp3) is 0.167. The molecule has 0 amide bonds. The quantitative estimate of drug-likeness (QED) is 0.884.